The van der Waals surface area contributed by atoms with Gasteiger partial charge in [0.25, 0.3) is 0 Å². The van der Waals surface area contributed by atoms with Gasteiger partial charge in [0.1, 0.15) is 0 Å². The fourth-order valence-corrected chi connectivity index (χ4v) is 2.56. The lowest BCUT2D eigenvalue weighted by atomic mass is 10.0. The van der Waals surface area contributed by atoms with Crippen molar-refractivity contribution >= 4 is 10.8 Å². The highest BCUT2D eigenvalue weighted by molar-refractivity contribution is 7.84. The molecule has 3 heteroatoms. The summed E-state index contributed by atoms with van der Waals surface area (Å²) in [5.41, 5.74) is 2.73. The van der Waals surface area contributed by atoms with E-state index in [2.05, 4.69) is 50.4 Å². The molecule has 1 rings (SSSR count). The zero-order valence-corrected chi connectivity index (χ0v) is 13.4. The predicted molar refractivity (Wildman–Crippen MR) is 85.0 cm³/mol. The molecule has 0 saturated heterocycles. The van der Waals surface area contributed by atoms with Gasteiger partial charge in [0.2, 0.25) is 0 Å². The molecular weight excluding hydrogens is 254 g/mol. The number of aryl methyl sites for hydroxylation is 1. The average Bonchev–Trinajstić information content (AvgIpc) is 2.43. The Morgan fingerprint density at radius 3 is 2.32 bits per heavy atom. The molecule has 0 saturated carbocycles. The Bertz CT molecular complexity index is 388. The van der Waals surface area contributed by atoms with Gasteiger partial charge in [-0.3, -0.25) is 4.21 Å². The fourth-order valence-electron chi connectivity index (χ4n) is 2.11. The van der Waals surface area contributed by atoms with Gasteiger partial charge in [0.05, 0.1) is 0 Å². The zero-order chi connectivity index (χ0) is 14.3. The first-order valence-corrected chi connectivity index (χ1v) is 8.85. The molecule has 1 aromatic rings. The standard InChI is InChI=1S/C16H27NOS/c1-5-14-7-9-15(10-8-14)16(6-2)17-12-11-13(3)19(4)18/h7-10,13,16-17H,5-6,11-12H2,1-4H3. The SMILES string of the molecule is CCc1ccc(C(CC)NCCC(C)S(C)=O)cc1. The van der Waals surface area contributed by atoms with Crippen LogP contribution in [-0.4, -0.2) is 22.3 Å². The van der Waals surface area contributed by atoms with Crippen LogP contribution in [0, 0.1) is 0 Å². The van der Waals surface area contributed by atoms with Crippen LogP contribution in [0.15, 0.2) is 24.3 Å². The van der Waals surface area contributed by atoms with Crippen molar-refractivity contribution in [2.75, 3.05) is 12.8 Å². The van der Waals surface area contributed by atoms with Gasteiger partial charge in [-0.1, -0.05) is 45.0 Å². The van der Waals surface area contributed by atoms with Crippen LogP contribution in [0.3, 0.4) is 0 Å². The lowest BCUT2D eigenvalue weighted by molar-refractivity contribution is 0.508. The number of benzene rings is 1. The molecule has 0 spiro atoms. The molecule has 1 aromatic carbocycles. The van der Waals surface area contributed by atoms with Crippen LogP contribution in [-0.2, 0) is 17.2 Å². The highest BCUT2D eigenvalue weighted by Gasteiger charge is 2.10. The molecule has 3 atom stereocenters. The van der Waals surface area contributed by atoms with Crippen LogP contribution < -0.4 is 5.32 Å². The van der Waals surface area contributed by atoms with Gasteiger partial charge in [-0.15, -0.1) is 0 Å². The Morgan fingerprint density at radius 1 is 1.21 bits per heavy atom. The summed E-state index contributed by atoms with van der Waals surface area (Å²) in [7, 11) is -0.716. The Kier molecular flexibility index (Phi) is 7.32. The minimum Gasteiger partial charge on any atom is -0.310 e. The summed E-state index contributed by atoms with van der Waals surface area (Å²) in [5, 5.41) is 3.85. The van der Waals surface area contributed by atoms with E-state index in [0.29, 0.717) is 6.04 Å². The fraction of sp³-hybridized carbons (Fsp3) is 0.625. The molecule has 0 fully saturated rings. The van der Waals surface area contributed by atoms with E-state index in [1.807, 2.05) is 0 Å². The van der Waals surface area contributed by atoms with Crippen molar-refractivity contribution < 1.29 is 4.21 Å². The molecule has 0 radical (unpaired) electrons. The van der Waals surface area contributed by atoms with Crippen molar-refractivity contribution in [3.05, 3.63) is 35.4 Å². The largest absolute Gasteiger partial charge is 0.310 e. The summed E-state index contributed by atoms with van der Waals surface area (Å²) in [6.45, 7) is 7.35. The van der Waals surface area contributed by atoms with E-state index in [9.17, 15) is 4.21 Å². The molecule has 0 aliphatic carbocycles. The molecule has 0 aliphatic heterocycles. The predicted octanol–water partition coefficient (Wildman–Crippen LogP) is 3.45. The summed E-state index contributed by atoms with van der Waals surface area (Å²) in [6, 6.07) is 9.28. The third kappa shape index (κ3) is 5.45. The van der Waals surface area contributed by atoms with E-state index >= 15 is 0 Å². The summed E-state index contributed by atoms with van der Waals surface area (Å²) < 4.78 is 11.3. The molecule has 3 unspecified atom stereocenters. The van der Waals surface area contributed by atoms with Crippen molar-refractivity contribution in [3.8, 4) is 0 Å². The van der Waals surface area contributed by atoms with E-state index in [-0.39, 0.29) is 5.25 Å². The lowest BCUT2D eigenvalue weighted by Gasteiger charge is -2.19. The van der Waals surface area contributed by atoms with Gasteiger partial charge in [-0.2, -0.15) is 0 Å². The topological polar surface area (TPSA) is 29.1 Å². The number of hydrogen-bond donors (Lipinski definition) is 1. The van der Waals surface area contributed by atoms with Crippen molar-refractivity contribution in [2.45, 2.75) is 51.3 Å². The highest BCUT2D eigenvalue weighted by atomic mass is 32.2. The smallest absolute Gasteiger partial charge is 0.0329 e. The van der Waals surface area contributed by atoms with Crippen molar-refractivity contribution in [2.24, 2.45) is 0 Å². The van der Waals surface area contributed by atoms with Crippen LogP contribution in [0.1, 0.15) is 50.8 Å². The van der Waals surface area contributed by atoms with Crippen molar-refractivity contribution in [1.29, 1.82) is 0 Å². The highest BCUT2D eigenvalue weighted by Crippen LogP contribution is 2.17. The minimum absolute atomic E-state index is 0.271. The first-order valence-electron chi connectivity index (χ1n) is 7.22. The van der Waals surface area contributed by atoms with Gasteiger partial charge < -0.3 is 5.32 Å². The van der Waals surface area contributed by atoms with Crippen LogP contribution >= 0.6 is 0 Å². The van der Waals surface area contributed by atoms with Crippen LogP contribution in [0.2, 0.25) is 0 Å². The summed E-state index contributed by atoms with van der Waals surface area (Å²) in [4.78, 5) is 0. The number of hydrogen-bond acceptors (Lipinski definition) is 2. The van der Waals surface area contributed by atoms with Crippen molar-refractivity contribution in [1.82, 2.24) is 5.32 Å². The average molecular weight is 281 g/mol. The van der Waals surface area contributed by atoms with E-state index < -0.39 is 10.8 Å². The monoisotopic (exact) mass is 281 g/mol. The molecule has 1 N–H and O–H groups in total. The van der Waals surface area contributed by atoms with Crippen LogP contribution in [0.4, 0.5) is 0 Å². The van der Waals surface area contributed by atoms with Gasteiger partial charge in [0, 0.05) is 28.3 Å². The molecule has 19 heavy (non-hydrogen) atoms. The van der Waals surface area contributed by atoms with E-state index in [1.165, 1.54) is 11.1 Å². The van der Waals surface area contributed by atoms with Gasteiger partial charge in [-0.25, -0.2) is 0 Å². The Labute approximate surface area is 120 Å². The molecule has 0 bridgehead atoms. The summed E-state index contributed by atoms with van der Waals surface area (Å²) >= 11 is 0. The maximum absolute atomic E-state index is 11.3. The second kappa shape index (κ2) is 8.49. The maximum Gasteiger partial charge on any atom is 0.0329 e. The Hall–Kier alpha value is -0.670. The van der Waals surface area contributed by atoms with Crippen molar-refractivity contribution in [3.63, 3.8) is 0 Å². The first kappa shape index (κ1) is 16.4. The van der Waals surface area contributed by atoms with Gasteiger partial charge >= 0.3 is 0 Å². The van der Waals surface area contributed by atoms with Crippen LogP contribution in [0.5, 0.6) is 0 Å². The molecule has 0 amide bonds. The van der Waals surface area contributed by atoms with Gasteiger partial charge in [-0.05, 0) is 36.9 Å². The molecule has 0 heterocycles. The molecular formula is C16H27NOS. The number of rotatable bonds is 8. The third-order valence-electron chi connectivity index (χ3n) is 3.71. The van der Waals surface area contributed by atoms with Crippen LogP contribution in [0.25, 0.3) is 0 Å². The molecule has 0 aliphatic rings. The minimum atomic E-state index is -0.716. The number of nitrogens with one attached hydrogen (secondary N) is 1. The zero-order valence-electron chi connectivity index (χ0n) is 12.6. The Morgan fingerprint density at radius 2 is 1.84 bits per heavy atom. The second-order valence-corrected chi connectivity index (χ2v) is 6.91. The Balaban J connectivity index is 2.50. The first-order chi connectivity index (χ1) is 9.08. The third-order valence-corrected chi connectivity index (χ3v) is 5.08. The van der Waals surface area contributed by atoms with E-state index in [0.717, 1.165) is 25.8 Å². The summed E-state index contributed by atoms with van der Waals surface area (Å²) in [5.74, 6) is 0. The second-order valence-electron chi connectivity index (χ2n) is 5.11. The summed E-state index contributed by atoms with van der Waals surface area (Å²) in [6.07, 6.45) is 4.91. The maximum atomic E-state index is 11.3. The van der Waals surface area contributed by atoms with Gasteiger partial charge in [0.15, 0.2) is 0 Å². The van der Waals surface area contributed by atoms with E-state index in [1.54, 1.807) is 6.26 Å². The molecule has 0 aromatic heterocycles. The quantitative estimate of drug-likeness (QED) is 0.791. The molecule has 108 valence electrons. The van der Waals surface area contributed by atoms with E-state index in [4.69, 9.17) is 0 Å². The lowest BCUT2D eigenvalue weighted by Crippen LogP contribution is -2.25. The normalized spacial score (nSPS) is 16.0. The molecule has 2 nitrogen and oxygen atoms in total.